The van der Waals surface area contributed by atoms with E-state index in [9.17, 15) is 9.59 Å². The zero-order valence-corrected chi connectivity index (χ0v) is 11.0. The number of hydrogen-bond acceptors (Lipinski definition) is 5. The second-order valence-corrected chi connectivity index (χ2v) is 4.31. The van der Waals surface area contributed by atoms with Crippen molar-refractivity contribution in [3.63, 3.8) is 0 Å². The Kier molecular flexibility index (Phi) is 5.72. The first-order valence-electron chi connectivity index (χ1n) is 5.98. The van der Waals surface area contributed by atoms with Gasteiger partial charge in [0.25, 0.3) is 0 Å². The molecule has 1 rings (SSSR count). The number of amides is 1. The molecule has 19 heavy (non-hydrogen) atoms. The molecular weight excluding hydrogens is 248 g/mol. The van der Waals surface area contributed by atoms with Gasteiger partial charge < -0.3 is 15.3 Å². The lowest BCUT2D eigenvalue weighted by Crippen LogP contribution is -2.40. The van der Waals surface area contributed by atoms with Crippen LogP contribution in [0.3, 0.4) is 0 Å². The number of carboxylic acids is 1. The standard InChI is InChI=1S/C12H18N4O3/c1-9(4-5-11(18)19)15-10(17)8-16(2)12-13-6-3-7-14-12/h3,6-7,9H,4-5,8H2,1-2H3,(H,15,17)(H,18,19). The maximum atomic E-state index is 11.7. The van der Waals surface area contributed by atoms with Gasteiger partial charge in [0, 0.05) is 31.9 Å². The summed E-state index contributed by atoms with van der Waals surface area (Å²) in [5.74, 6) is -0.584. The number of rotatable bonds is 7. The molecule has 0 aliphatic rings. The fourth-order valence-electron chi connectivity index (χ4n) is 1.51. The maximum absolute atomic E-state index is 11.7. The largest absolute Gasteiger partial charge is 0.481 e. The van der Waals surface area contributed by atoms with Crippen molar-refractivity contribution in [1.29, 1.82) is 0 Å². The maximum Gasteiger partial charge on any atom is 0.303 e. The molecule has 1 aromatic rings. The summed E-state index contributed by atoms with van der Waals surface area (Å²) in [7, 11) is 1.72. The van der Waals surface area contributed by atoms with Gasteiger partial charge in [0.1, 0.15) is 0 Å². The Bertz CT molecular complexity index is 424. The summed E-state index contributed by atoms with van der Waals surface area (Å²) in [5.41, 5.74) is 0. The van der Waals surface area contributed by atoms with Crippen molar-refractivity contribution in [3.8, 4) is 0 Å². The number of carbonyl (C=O) groups is 2. The number of nitrogens with zero attached hydrogens (tertiary/aromatic N) is 3. The average molecular weight is 266 g/mol. The van der Waals surface area contributed by atoms with E-state index < -0.39 is 5.97 Å². The van der Waals surface area contributed by atoms with Gasteiger partial charge in [-0.1, -0.05) is 0 Å². The number of aliphatic carboxylic acids is 1. The van der Waals surface area contributed by atoms with Gasteiger partial charge in [0.15, 0.2) is 0 Å². The predicted octanol–water partition coefficient (Wildman–Crippen LogP) is 0.282. The molecule has 0 aromatic carbocycles. The summed E-state index contributed by atoms with van der Waals surface area (Å²) in [6.45, 7) is 1.90. The van der Waals surface area contributed by atoms with Gasteiger partial charge in [0.05, 0.1) is 6.54 Å². The van der Waals surface area contributed by atoms with Crippen LogP contribution in [0.2, 0.25) is 0 Å². The molecule has 7 heteroatoms. The summed E-state index contributed by atoms with van der Waals surface area (Å²) in [6.07, 6.45) is 3.66. The number of aromatic nitrogens is 2. The van der Waals surface area contributed by atoms with Crippen molar-refractivity contribution in [1.82, 2.24) is 15.3 Å². The Morgan fingerprint density at radius 2 is 2.05 bits per heavy atom. The van der Waals surface area contributed by atoms with Crippen LogP contribution in [0.4, 0.5) is 5.95 Å². The molecule has 1 unspecified atom stereocenters. The predicted molar refractivity (Wildman–Crippen MR) is 69.8 cm³/mol. The number of carboxylic acid groups (broad SMARTS) is 1. The van der Waals surface area contributed by atoms with Crippen molar-refractivity contribution in [2.24, 2.45) is 0 Å². The Hall–Kier alpha value is -2.18. The van der Waals surface area contributed by atoms with Crippen molar-refractivity contribution in [2.75, 3.05) is 18.5 Å². The first kappa shape index (κ1) is 14.9. The zero-order valence-electron chi connectivity index (χ0n) is 11.0. The number of anilines is 1. The van der Waals surface area contributed by atoms with Gasteiger partial charge >= 0.3 is 5.97 Å². The van der Waals surface area contributed by atoms with Crippen LogP contribution >= 0.6 is 0 Å². The minimum atomic E-state index is -0.865. The van der Waals surface area contributed by atoms with Crippen LogP contribution in [-0.2, 0) is 9.59 Å². The summed E-state index contributed by atoms with van der Waals surface area (Å²) in [5, 5.41) is 11.3. The molecule has 1 amide bonds. The van der Waals surface area contributed by atoms with Crippen LogP contribution in [0, 0.1) is 0 Å². The average Bonchev–Trinajstić information content (AvgIpc) is 2.37. The van der Waals surface area contributed by atoms with Gasteiger partial charge in [-0.15, -0.1) is 0 Å². The number of carbonyl (C=O) groups excluding carboxylic acids is 1. The molecule has 1 atom stereocenters. The van der Waals surface area contributed by atoms with Crippen molar-refractivity contribution in [2.45, 2.75) is 25.8 Å². The van der Waals surface area contributed by atoms with Gasteiger partial charge in [-0.05, 0) is 19.4 Å². The Labute approximate surface area is 111 Å². The Morgan fingerprint density at radius 1 is 1.42 bits per heavy atom. The number of nitrogens with one attached hydrogen (secondary N) is 1. The van der Waals surface area contributed by atoms with Crippen LogP contribution in [0.15, 0.2) is 18.5 Å². The third kappa shape index (κ3) is 5.80. The van der Waals surface area contributed by atoms with Crippen LogP contribution < -0.4 is 10.2 Å². The molecule has 1 heterocycles. The monoisotopic (exact) mass is 266 g/mol. The lowest BCUT2D eigenvalue weighted by Gasteiger charge is -2.18. The van der Waals surface area contributed by atoms with Crippen LogP contribution in [0.1, 0.15) is 19.8 Å². The van der Waals surface area contributed by atoms with E-state index in [1.54, 1.807) is 37.3 Å². The molecule has 0 radical (unpaired) electrons. The van der Waals surface area contributed by atoms with E-state index in [0.717, 1.165) is 0 Å². The van der Waals surface area contributed by atoms with Crippen LogP contribution in [-0.4, -0.2) is 46.6 Å². The second kappa shape index (κ2) is 7.30. The highest BCUT2D eigenvalue weighted by atomic mass is 16.4. The van der Waals surface area contributed by atoms with Gasteiger partial charge in [0.2, 0.25) is 11.9 Å². The SMILES string of the molecule is CC(CCC(=O)O)NC(=O)CN(C)c1ncccn1. The first-order valence-corrected chi connectivity index (χ1v) is 5.98. The van der Waals surface area contributed by atoms with Crippen molar-refractivity contribution in [3.05, 3.63) is 18.5 Å². The quantitative estimate of drug-likeness (QED) is 0.736. The second-order valence-electron chi connectivity index (χ2n) is 4.31. The molecule has 0 fully saturated rings. The van der Waals surface area contributed by atoms with E-state index in [1.165, 1.54) is 0 Å². The summed E-state index contributed by atoms with van der Waals surface area (Å²) in [6, 6.07) is 1.53. The Balaban J connectivity index is 2.36. The van der Waals surface area contributed by atoms with Crippen molar-refractivity contribution >= 4 is 17.8 Å². The lowest BCUT2D eigenvalue weighted by atomic mass is 10.2. The zero-order chi connectivity index (χ0) is 14.3. The molecule has 0 aliphatic heterocycles. The third-order valence-electron chi connectivity index (χ3n) is 2.47. The molecule has 7 nitrogen and oxygen atoms in total. The minimum absolute atomic E-state index is 0.0408. The van der Waals surface area contributed by atoms with E-state index in [1.807, 2.05) is 0 Å². The number of likely N-dealkylation sites (N-methyl/N-ethyl adjacent to an activating group) is 1. The lowest BCUT2D eigenvalue weighted by molar-refractivity contribution is -0.137. The summed E-state index contributed by atoms with van der Waals surface area (Å²) in [4.78, 5) is 31.8. The molecule has 0 spiro atoms. The molecule has 0 saturated heterocycles. The van der Waals surface area contributed by atoms with Crippen LogP contribution in [0.25, 0.3) is 0 Å². The molecule has 0 bridgehead atoms. The highest BCUT2D eigenvalue weighted by Crippen LogP contribution is 2.01. The van der Waals surface area contributed by atoms with Gasteiger partial charge in [-0.2, -0.15) is 0 Å². The van der Waals surface area contributed by atoms with E-state index in [-0.39, 0.29) is 24.9 Å². The Morgan fingerprint density at radius 3 is 2.63 bits per heavy atom. The molecule has 2 N–H and O–H groups in total. The molecule has 0 aliphatic carbocycles. The number of hydrogen-bond donors (Lipinski definition) is 2. The van der Waals surface area contributed by atoms with E-state index in [2.05, 4.69) is 15.3 Å². The molecule has 0 saturated carbocycles. The third-order valence-corrected chi connectivity index (χ3v) is 2.47. The minimum Gasteiger partial charge on any atom is -0.481 e. The highest BCUT2D eigenvalue weighted by Gasteiger charge is 2.12. The fourth-order valence-corrected chi connectivity index (χ4v) is 1.51. The van der Waals surface area contributed by atoms with Gasteiger partial charge in [-0.25, -0.2) is 9.97 Å². The normalized spacial score (nSPS) is 11.7. The molecule has 104 valence electrons. The topological polar surface area (TPSA) is 95.4 Å². The van der Waals surface area contributed by atoms with E-state index >= 15 is 0 Å². The van der Waals surface area contributed by atoms with Crippen LogP contribution in [0.5, 0.6) is 0 Å². The van der Waals surface area contributed by atoms with E-state index in [0.29, 0.717) is 12.4 Å². The highest BCUT2D eigenvalue weighted by molar-refractivity contribution is 5.80. The summed E-state index contributed by atoms with van der Waals surface area (Å²) >= 11 is 0. The smallest absolute Gasteiger partial charge is 0.303 e. The molecule has 1 aromatic heterocycles. The molecular formula is C12H18N4O3. The van der Waals surface area contributed by atoms with Crippen molar-refractivity contribution < 1.29 is 14.7 Å². The first-order chi connectivity index (χ1) is 8.99. The van der Waals surface area contributed by atoms with Gasteiger partial charge in [-0.3, -0.25) is 9.59 Å². The van der Waals surface area contributed by atoms with E-state index in [4.69, 9.17) is 5.11 Å². The summed E-state index contributed by atoms with van der Waals surface area (Å²) < 4.78 is 0. The fraction of sp³-hybridized carbons (Fsp3) is 0.500.